The van der Waals surface area contributed by atoms with Crippen molar-refractivity contribution in [3.63, 3.8) is 0 Å². The Morgan fingerprint density at radius 2 is 2.29 bits per heavy atom. The Hall–Kier alpha value is -1.32. The molecule has 3 heteroatoms. The van der Waals surface area contributed by atoms with Crippen LogP contribution in [0.2, 0.25) is 0 Å². The second-order valence-corrected chi connectivity index (χ2v) is 5.57. The minimum absolute atomic E-state index is 0.513. The van der Waals surface area contributed by atoms with Gasteiger partial charge in [-0.05, 0) is 35.9 Å². The summed E-state index contributed by atoms with van der Waals surface area (Å²) in [5, 5.41) is 15.8. The van der Waals surface area contributed by atoms with Crippen LogP contribution >= 0.6 is 11.3 Å². The summed E-state index contributed by atoms with van der Waals surface area (Å²) >= 11 is 1.68. The highest BCUT2D eigenvalue weighted by molar-refractivity contribution is 7.10. The zero-order valence-corrected chi connectivity index (χ0v) is 10.6. The maximum atomic E-state index is 10.4. The van der Waals surface area contributed by atoms with E-state index in [4.69, 9.17) is 0 Å². The van der Waals surface area contributed by atoms with Crippen LogP contribution in [0, 0.1) is 6.92 Å². The van der Waals surface area contributed by atoms with Crippen molar-refractivity contribution >= 4 is 17.0 Å². The second-order valence-electron chi connectivity index (χ2n) is 4.45. The van der Waals surface area contributed by atoms with Crippen molar-refractivity contribution in [2.24, 2.45) is 0 Å². The minimum atomic E-state index is -0.513. The lowest BCUT2D eigenvalue weighted by Gasteiger charge is -2.14. The van der Waals surface area contributed by atoms with Gasteiger partial charge in [0.1, 0.15) is 6.10 Å². The molecule has 1 unspecified atom stereocenters. The van der Waals surface area contributed by atoms with E-state index in [1.807, 2.05) is 17.5 Å². The van der Waals surface area contributed by atoms with Gasteiger partial charge in [-0.2, -0.15) is 0 Å². The number of benzene rings is 1. The van der Waals surface area contributed by atoms with Gasteiger partial charge in [-0.3, -0.25) is 0 Å². The molecule has 1 aliphatic heterocycles. The van der Waals surface area contributed by atoms with Crippen molar-refractivity contribution in [2.75, 3.05) is 11.9 Å². The predicted octanol–water partition coefficient (Wildman–Crippen LogP) is 3.11. The fourth-order valence-electron chi connectivity index (χ4n) is 2.38. The lowest BCUT2D eigenvalue weighted by molar-refractivity contribution is 0.221. The summed E-state index contributed by atoms with van der Waals surface area (Å²) in [5.41, 5.74) is 4.43. The van der Waals surface area contributed by atoms with E-state index in [1.165, 1.54) is 10.4 Å². The first kappa shape index (κ1) is 10.8. The molecule has 0 bridgehead atoms. The molecule has 0 saturated carbocycles. The molecule has 0 amide bonds. The molecule has 2 nitrogen and oxygen atoms in total. The third kappa shape index (κ3) is 1.85. The Labute approximate surface area is 105 Å². The number of hydrogen-bond donors (Lipinski definition) is 2. The number of fused-ring (bicyclic) bond motifs is 1. The molecule has 0 spiro atoms. The fraction of sp³-hybridized carbons (Fsp3) is 0.286. The van der Waals surface area contributed by atoms with E-state index in [9.17, 15) is 5.11 Å². The van der Waals surface area contributed by atoms with Crippen LogP contribution in [0.3, 0.4) is 0 Å². The number of nitrogens with one attached hydrogen (secondary N) is 1. The highest BCUT2D eigenvalue weighted by Gasteiger charge is 2.20. The van der Waals surface area contributed by atoms with Gasteiger partial charge < -0.3 is 10.4 Å². The SMILES string of the molecule is Cc1cc(C(O)c2cccc3c2NCC3)cs1. The van der Waals surface area contributed by atoms with Gasteiger partial charge in [0, 0.05) is 22.7 Å². The molecule has 88 valence electrons. The minimum Gasteiger partial charge on any atom is -0.384 e. The average molecular weight is 245 g/mol. The molecule has 17 heavy (non-hydrogen) atoms. The fourth-order valence-corrected chi connectivity index (χ4v) is 3.10. The Morgan fingerprint density at radius 1 is 1.41 bits per heavy atom. The van der Waals surface area contributed by atoms with Gasteiger partial charge >= 0.3 is 0 Å². The predicted molar refractivity (Wildman–Crippen MR) is 71.8 cm³/mol. The lowest BCUT2D eigenvalue weighted by Crippen LogP contribution is -2.02. The number of rotatable bonds is 2. The molecule has 0 radical (unpaired) electrons. The van der Waals surface area contributed by atoms with E-state index in [1.54, 1.807) is 11.3 Å². The molecule has 2 aromatic rings. The molecule has 3 rings (SSSR count). The van der Waals surface area contributed by atoms with Crippen molar-refractivity contribution in [3.05, 3.63) is 51.2 Å². The number of thiophene rings is 1. The topological polar surface area (TPSA) is 32.3 Å². The molecule has 0 saturated heterocycles. The van der Waals surface area contributed by atoms with E-state index >= 15 is 0 Å². The number of aliphatic hydroxyl groups excluding tert-OH is 1. The zero-order valence-electron chi connectivity index (χ0n) is 9.73. The molecule has 1 aliphatic rings. The third-order valence-electron chi connectivity index (χ3n) is 3.24. The molecule has 1 aromatic carbocycles. The van der Waals surface area contributed by atoms with Gasteiger partial charge in [-0.25, -0.2) is 0 Å². The molecule has 1 atom stereocenters. The first-order chi connectivity index (χ1) is 8.25. The first-order valence-corrected chi connectivity index (χ1v) is 6.72. The highest BCUT2D eigenvalue weighted by Crippen LogP contribution is 2.35. The standard InChI is InChI=1S/C14H15NOS/c1-9-7-11(8-17-9)14(16)12-4-2-3-10-5-6-15-13(10)12/h2-4,7-8,14-16H,5-6H2,1H3. The van der Waals surface area contributed by atoms with Gasteiger partial charge in [0.2, 0.25) is 0 Å². The van der Waals surface area contributed by atoms with E-state index in [2.05, 4.69) is 24.4 Å². The molecule has 2 heterocycles. The number of anilines is 1. The van der Waals surface area contributed by atoms with Crippen LogP contribution in [0.25, 0.3) is 0 Å². The van der Waals surface area contributed by atoms with Crippen LogP contribution in [0.1, 0.15) is 27.7 Å². The normalized spacial score (nSPS) is 15.4. The molecule has 1 aromatic heterocycles. The summed E-state index contributed by atoms with van der Waals surface area (Å²) in [4.78, 5) is 1.24. The van der Waals surface area contributed by atoms with Crippen LogP contribution in [0.5, 0.6) is 0 Å². The molecule has 2 N–H and O–H groups in total. The van der Waals surface area contributed by atoms with Gasteiger partial charge in [-0.15, -0.1) is 11.3 Å². The first-order valence-electron chi connectivity index (χ1n) is 5.84. The largest absolute Gasteiger partial charge is 0.384 e. The highest BCUT2D eigenvalue weighted by atomic mass is 32.1. The summed E-state index contributed by atoms with van der Waals surface area (Å²) < 4.78 is 0. The van der Waals surface area contributed by atoms with E-state index in [-0.39, 0.29) is 0 Å². The maximum absolute atomic E-state index is 10.4. The average Bonchev–Trinajstić information content (AvgIpc) is 2.95. The lowest BCUT2D eigenvalue weighted by atomic mass is 9.99. The van der Waals surface area contributed by atoms with Crippen molar-refractivity contribution in [2.45, 2.75) is 19.4 Å². The van der Waals surface area contributed by atoms with Crippen molar-refractivity contribution in [1.29, 1.82) is 0 Å². The number of hydrogen-bond acceptors (Lipinski definition) is 3. The summed E-state index contributed by atoms with van der Waals surface area (Å²) in [6.45, 7) is 3.04. The monoisotopic (exact) mass is 245 g/mol. The van der Waals surface area contributed by atoms with Crippen molar-refractivity contribution in [1.82, 2.24) is 0 Å². The smallest absolute Gasteiger partial charge is 0.107 e. The molecular weight excluding hydrogens is 230 g/mol. The van der Waals surface area contributed by atoms with E-state index in [0.29, 0.717) is 0 Å². The quantitative estimate of drug-likeness (QED) is 0.852. The summed E-state index contributed by atoms with van der Waals surface area (Å²) in [7, 11) is 0. The number of para-hydroxylation sites is 1. The molecule has 0 fully saturated rings. The van der Waals surface area contributed by atoms with Gasteiger partial charge in [0.15, 0.2) is 0 Å². The van der Waals surface area contributed by atoms with Crippen LogP contribution in [-0.4, -0.2) is 11.7 Å². The van der Waals surface area contributed by atoms with Crippen LogP contribution in [0.4, 0.5) is 5.69 Å². The molecule has 0 aliphatic carbocycles. The Kier molecular flexibility index (Phi) is 2.65. The van der Waals surface area contributed by atoms with E-state index in [0.717, 1.165) is 29.8 Å². The van der Waals surface area contributed by atoms with E-state index < -0.39 is 6.10 Å². The molecular formula is C14H15NOS. The van der Waals surface area contributed by atoms with Crippen molar-refractivity contribution in [3.8, 4) is 0 Å². The number of aryl methyl sites for hydroxylation is 1. The maximum Gasteiger partial charge on any atom is 0.107 e. The zero-order chi connectivity index (χ0) is 11.8. The Bertz CT molecular complexity index is 547. The Balaban J connectivity index is 2.02. The second kappa shape index (κ2) is 4.17. The van der Waals surface area contributed by atoms with Gasteiger partial charge in [0.25, 0.3) is 0 Å². The third-order valence-corrected chi connectivity index (χ3v) is 4.12. The van der Waals surface area contributed by atoms with Crippen molar-refractivity contribution < 1.29 is 5.11 Å². The van der Waals surface area contributed by atoms with Gasteiger partial charge in [0.05, 0.1) is 0 Å². The Morgan fingerprint density at radius 3 is 3.06 bits per heavy atom. The number of aliphatic hydroxyl groups is 1. The van der Waals surface area contributed by atoms with Crippen LogP contribution in [-0.2, 0) is 6.42 Å². The van der Waals surface area contributed by atoms with Crippen LogP contribution < -0.4 is 5.32 Å². The van der Waals surface area contributed by atoms with Gasteiger partial charge in [-0.1, -0.05) is 18.2 Å². The van der Waals surface area contributed by atoms with Crippen LogP contribution in [0.15, 0.2) is 29.6 Å². The summed E-state index contributed by atoms with van der Waals surface area (Å²) in [5.74, 6) is 0. The summed E-state index contributed by atoms with van der Waals surface area (Å²) in [6, 6.07) is 8.23. The summed E-state index contributed by atoms with van der Waals surface area (Å²) in [6.07, 6.45) is 0.541.